The van der Waals surface area contributed by atoms with Crippen LogP contribution in [0.5, 0.6) is 5.75 Å². The standard InChI is InChI=1S/C23H27ClN2O4S/c1-30-19-10-7-17(8-11-19)21-6-5-15-26(21)23(27)18-9-12-20(24)22(16-18)31(28,29)25-13-3-2-4-14-25/h7-12,16,21H,2-6,13-15H2,1H3. The summed E-state index contributed by atoms with van der Waals surface area (Å²) in [5, 5.41) is 0.148. The van der Waals surface area contributed by atoms with Crippen molar-refractivity contribution in [3.63, 3.8) is 0 Å². The molecule has 2 aliphatic rings. The predicted octanol–water partition coefficient (Wildman–Crippen LogP) is 4.50. The van der Waals surface area contributed by atoms with E-state index in [1.54, 1.807) is 13.2 Å². The van der Waals surface area contributed by atoms with Crippen LogP contribution in [0.1, 0.15) is 54.1 Å². The molecule has 6 nitrogen and oxygen atoms in total. The number of ether oxygens (including phenoxy) is 1. The van der Waals surface area contributed by atoms with Crippen molar-refractivity contribution in [2.75, 3.05) is 26.7 Å². The number of methoxy groups -OCH3 is 1. The zero-order valence-electron chi connectivity index (χ0n) is 17.6. The first-order valence-corrected chi connectivity index (χ1v) is 12.5. The van der Waals surface area contributed by atoms with Gasteiger partial charge in [0, 0.05) is 25.2 Å². The SMILES string of the molecule is COc1ccc(C2CCCN2C(=O)c2ccc(Cl)c(S(=O)(=O)N3CCCCC3)c2)cc1. The Kier molecular flexibility index (Phi) is 6.55. The van der Waals surface area contributed by atoms with Gasteiger partial charge in [-0.25, -0.2) is 8.42 Å². The third-order valence-electron chi connectivity index (χ3n) is 6.13. The zero-order valence-corrected chi connectivity index (χ0v) is 19.2. The van der Waals surface area contributed by atoms with Crippen LogP contribution < -0.4 is 4.74 Å². The summed E-state index contributed by atoms with van der Waals surface area (Å²) in [4.78, 5) is 15.2. The number of amides is 1. The normalized spacial score (nSPS) is 20.1. The Bertz CT molecular complexity index is 1050. The van der Waals surface area contributed by atoms with E-state index in [1.165, 1.54) is 16.4 Å². The number of piperidine rings is 1. The quantitative estimate of drug-likeness (QED) is 0.656. The molecule has 0 spiro atoms. The Balaban J connectivity index is 1.61. The van der Waals surface area contributed by atoms with Gasteiger partial charge >= 0.3 is 0 Å². The van der Waals surface area contributed by atoms with Crippen molar-refractivity contribution in [1.82, 2.24) is 9.21 Å². The Morgan fingerprint density at radius 2 is 1.71 bits per heavy atom. The minimum Gasteiger partial charge on any atom is -0.497 e. The molecule has 2 fully saturated rings. The van der Waals surface area contributed by atoms with Gasteiger partial charge in [0.25, 0.3) is 5.91 Å². The molecule has 166 valence electrons. The second kappa shape index (κ2) is 9.18. The maximum Gasteiger partial charge on any atom is 0.254 e. The number of halogens is 1. The molecule has 4 rings (SSSR count). The lowest BCUT2D eigenvalue weighted by atomic mass is 10.0. The highest BCUT2D eigenvalue weighted by Gasteiger charge is 2.33. The van der Waals surface area contributed by atoms with Gasteiger partial charge in [-0.05, 0) is 61.6 Å². The Morgan fingerprint density at radius 3 is 2.39 bits per heavy atom. The fourth-order valence-corrected chi connectivity index (χ4v) is 6.44. The molecule has 31 heavy (non-hydrogen) atoms. The third kappa shape index (κ3) is 4.45. The van der Waals surface area contributed by atoms with E-state index in [0.717, 1.165) is 43.4 Å². The van der Waals surface area contributed by atoms with E-state index in [-0.39, 0.29) is 21.9 Å². The minimum absolute atomic E-state index is 0.0158. The number of hydrogen-bond donors (Lipinski definition) is 0. The third-order valence-corrected chi connectivity index (χ3v) is 8.51. The molecule has 0 aliphatic carbocycles. The van der Waals surface area contributed by atoms with Crippen LogP contribution in [0.25, 0.3) is 0 Å². The average Bonchev–Trinajstić information content (AvgIpc) is 3.29. The number of carbonyl (C=O) groups excluding carboxylic acids is 1. The summed E-state index contributed by atoms with van der Waals surface area (Å²) < 4.78 is 33.0. The zero-order chi connectivity index (χ0) is 22.0. The smallest absolute Gasteiger partial charge is 0.254 e. The fourth-order valence-electron chi connectivity index (χ4n) is 4.43. The molecule has 1 unspecified atom stereocenters. The second-order valence-electron chi connectivity index (χ2n) is 8.04. The number of likely N-dealkylation sites (tertiary alicyclic amines) is 1. The Hall–Kier alpha value is -2.09. The summed E-state index contributed by atoms with van der Waals surface area (Å²) in [5.74, 6) is 0.593. The fraction of sp³-hybridized carbons (Fsp3) is 0.435. The van der Waals surface area contributed by atoms with Gasteiger partial charge in [0.1, 0.15) is 10.6 Å². The molecule has 0 saturated carbocycles. The van der Waals surface area contributed by atoms with Crippen LogP contribution in [-0.4, -0.2) is 50.3 Å². The number of carbonyl (C=O) groups is 1. The van der Waals surface area contributed by atoms with Crippen molar-refractivity contribution in [2.45, 2.75) is 43.0 Å². The molecule has 2 aliphatic heterocycles. The number of nitrogens with zero attached hydrogens (tertiary/aromatic N) is 2. The highest BCUT2D eigenvalue weighted by atomic mass is 35.5. The van der Waals surface area contributed by atoms with Gasteiger partial charge in [0.05, 0.1) is 18.2 Å². The Morgan fingerprint density at radius 1 is 1.00 bits per heavy atom. The lowest BCUT2D eigenvalue weighted by Crippen LogP contribution is -2.36. The van der Waals surface area contributed by atoms with E-state index in [9.17, 15) is 13.2 Å². The topological polar surface area (TPSA) is 66.9 Å². The molecule has 1 atom stereocenters. The van der Waals surface area contributed by atoms with Crippen molar-refractivity contribution >= 4 is 27.5 Å². The second-order valence-corrected chi connectivity index (χ2v) is 10.4. The van der Waals surface area contributed by atoms with Gasteiger partial charge < -0.3 is 9.64 Å². The van der Waals surface area contributed by atoms with Crippen LogP contribution in [0.2, 0.25) is 5.02 Å². The molecule has 0 bridgehead atoms. The first-order valence-electron chi connectivity index (χ1n) is 10.7. The van der Waals surface area contributed by atoms with Crippen molar-refractivity contribution in [3.05, 3.63) is 58.6 Å². The molecule has 1 amide bonds. The summed E-state index contributed by atoms with van der Waals surface area (Å²) in [5.41, 5.74) is 1.39. The van der Waals surface area contributed by atoms with Gasteiger partial charge in [-0.3, -0.25) is 4.79 Å². The van der Waals surface area contributed by atoms with Crippen LogP contribution in [0.4, 0.5) is 0 Å². The van der Waals surface area contributed by atoms with Crippen molar-refractivity contribution < 1.29 is 17.9 Å². The van der Waals surface area contributed by atoms with E-state index < -0.39 is 10.0 Å². The van der Waals surface area contributed by atoms with Crippen LogP contribution in [-0.2, 0) is 10.0 Å². The van der Waals surface area contributed by atoms with Gasteiger partial charge in [-0.1, -0.05) is 30.2 Å². The number of hydrogen-bond acceptors (Lipinski definition) is 4. The van der Waals surface area contributed by atoms with E-state index in [1.807, 2.05) is 29.2 Å². The summed E-state index contributed by atoms with van der Waals surface area (Å²) in [6.45, 7) is 1.61. The predicted molar refractivity (Wildman–Crippen MR) is 120 cm³/mol. The van der Waals surface area contributed by atoms with Gasteiger partial charge in [0.2, 0.25) is 10.0 Å². The molecule has 2 saturated heterocycles. The minimum atomic E-state index is -3.73. The summed E-state index contributed by atoms with van der Waals surface area (Å²) in [7, 11) is -2.11. The Labute approximate surface area is 188 Å². The van der Waals surface area contributed by atoms with E-state index in [4.69, 9.17) is 16.3 Å². The number of rotatable bonds is 5. The first kappa shape index (κ1) is 22.1. The molecular formula is C23H27ClN2O4S. The number of benzene rings is 2. The maximum absolute atomic E-state index is 13.4. The summed E-state index contributed by atoms with van der Waals surface area (Å²) in [6.07, 6.45) is 4.47. The molecular weight excluding hydrogens is 436 g/mol. The molecule has 0 radical (unpaired) electrons. The lowest BCUT2D eigenvalue weighted by molar-refractivity contribution is 0.0735. The van der Waals surface area contributed by atoms with Crippen molar-refractivity contribution in [1.29, 1.82) is 0 Å². The molecule has 2 aromatic rings. The maximum atomic E-state index is 13.4. The molecule has 8 heteroatoms. The van der Waals surface area contributed by atoms with Crippen LogP contribution in [0.3, 0.4) is 0 Å². The van der Waals surface area contributed by atoms with Gasteiger partial charge in [0.15, 0.2) is 0 Å². The monoisotopic (exact) mass is 462 g/mol. The first-order chi connectivity index (χ1) is 14.9. The van der Waals surface area contributed by atoms with Gasteiger partial charge in [-0.15, -0.1) is 0 Å². The number of sulfonamides is 1. The lowest BCUT2D eigenvalue weighted by Gasteiger charge is -2.27. The molecule has 2 heterocycles. The highest BCUT2D eigenvalue weighted by molar-refractivity contribution is 7.89. The van der Waals surface area contributed by atoms with Gasteiger partial charge in [-0.2, -0.15) is 4.31 Å². The highest BCUT2D eigenvalue weighted by Crippen LogP contribution is 2.35. The van der Waals surface area contributed by atoms with Crippen molar-refractivity contribution in [2.24, 2.45) is 0 Å². The molecule has 0 N–H and O–H groups in total. The van der Waals surface area contributed by atoms with Crippen LogP contribution in [0.15, 0.2) is 47.4 Å². The van der Waals surface area contributed by atoms with Crippen LogP contribution in [0, 0.1) is 0 Å². The average molecular weight is 463 g/mol. The summed E-state index contributed by atoms with van der Waals surface area (Å²) >= 11 is 6.27. The van der Waals surface area contributed by atoms with Crippen LogP contribution >= 0.6 is 11.6 Å². The summed E-state index contributed by atoms with van der Waals surface area (Å²) in [6, 6.07) is 12.3. The van der Waals surface area contributed by atoms with E-state index in [2.05, 4.69) is 0 Å². The van der Waals surface area contributed by atoms with E-state index in [0.29, 0.717) is 25.2 Å². The molecule has 0 aromatic heterocycles. The van der Waals surface area contributed by atoms with E-state index >= 15 is 0 Å². The molecule has 2 aromatic carbocycles. The van der Waals surface area contributed by atoms with Crippen molar-refractivity contribution in [3.8, 4) is 5.75 Å². The largest absolute Gasteiger partial charge is 0.497 e.